The molecule has 1 fully saturated rings. The van der Waals surface area contributed by atoms with Gasteiger partial charge in [0.25, 0.3) is 0 Å². The number of aryl methyl sites for hydroxylation is 1. The van der Waals surface area contributed by atoms with Crippen molar-refractivity contribution in [2.24, 2.45) is 0 Å². The van der Waals surface area contributed by atoms with Crippen molar-refractivity contribution in [3.8, 4) is 74.3 Å². The molecule has 0 spiro atoms. The molecule has 1 saturated heterocycles. The number of fused-ring (bicyclic) bond motifs is 4. The minimum Gasteiger partial charge on any atom is -0.492 e. The first-order chi connectivity index (χ1) is 54.4. The zero-order valence-corrected chi connectivity index (χ0v) is 74.9. The molecule has 4 N–H and O–H groups in total. The molecule has 0 amide bonds. The first-order valence-corrected chi connectivity index (χ1v) is 44.8. The van der Waals surface area contributed by atoms with Crippen LogP contribution >= 0.6 is 68.5 Å². The second-order valence-electron chi connectivity index (χ2n) is 31.7. The number of aromatic nitrogens is 8. The first-order valence-electron chi connectivity index (χ1n) is 38.6. The van der Waals surface area contributed by atoms with E-state index in [1.54, 1.807) is 22.7 Å². The molecule has 1 aliphatic heterocycles. The lowest BCUT2D eigenvalue weighted by Gasteiger charge is -2.26. The van der Waals surface area contributed by atoms with Crippen LogP contribution in [0, 0.1) is 13.5 Å². The van der Waals surface area contributed by atoms with Gasteiger partial charge in [0.2, 0.25) is 6.54 Å². The molecule has 0 radical (unpaired) electrons. The normalized spacial score (nSPS) is 12.8. The van der Waals surface area contributed by atoms with Crippen LogP contribution in [0.1, 0.15) is 141 Å². The van der Waals surface area contributed by atoms with E-state index in [2.05, 4.69) is 147 Å². The highest BCUT2D eigenvalue weighted by atomic mass is 35.5. The third-order valence-corrected chi connectivity index (χ3v) is 21.3. The van der Waals surface area contributed by atoms with Crippen LogP contribution in [-0.2, 0) is 26.7 Å². The minimum absolute atomic E-state index is 0.00255. The molecule has 8 aromatic heterocycles. The van der Waals surface area contributed by atoms with Crippen LogP contribution in [0.5, 0.6) is 28.7 Å². The SMILES string of the molecule is CC(C)Nc1nc(-c2cc(OC(C)(C)C)c3ccc(OCCN4CCOCC4)cc3n2)cs1.CC(C)Nc1nc(-c2cc(OC(C)C)c3ccc(CS(C)(=O)=O)cc3n2)cs1.Cc1ccc2c(OC(C)(C)C)cc(-c3nc(NC(C)C)sc3Cl)nc2c1.[C-]#[N+]CCc1ccc2c(OC(C)C)cc(-c3csc(NC(C)C)n3)nc2c1Cl. The third-order valence-electron chi connectivity index (χ3n) is 16.5. The van der Waals surface area contributed by atoms with Gasteiger partial charge in [0.15, 0.2) is 30.4 Å². The number of sulfone groups is 1. The topological polar surface area (TPSA) is 248 Å². The molecular weight excluding hydrogens is 1590 g/mol. The van der Waals surface area contributed by atoms with E-state index in [-0.39, 0.29) is 35.2 Å². The summed E-state index contributed by atoms with van der Waals surface area (Å²) >= 11 is 19.2. The smallest absolute Gasteiger partial charge is 0.218 e. The Bertz CT molecular complexity index is 5470. The van der Waals surface area contributed by atoms with Crippen molar-refractivity contribution in [2.75, 3.05) is 73.5 Å². The summed E-state index contributed by atoms with van der Waals surface area (Å²) in [6.45, 7) is 51.3. The van der Waals surface area contributed by atoms with Gasteiger partial charge in [-0.3, -0.25) is 4.90 Å². The number of pyridine rings is 4. The van der Waals surface area contributed by atoms with E-state index in [1.165, 1.54) is 28.9 Å². The Hall–Kier alpha value is -8.82. The highest BCUT2D eigenvalue weighted by Gasteiger charge is 2.24. The monoisotopic (exact) mass is 1690 g/mol. The highest BCUT2D eigenvalue weighted by Crippen LogP contribution is 2.42. The molecular formula is C86H106Cl2N14O8S5. The number of hydrogen-bond acceptors (Lipinski definition) is 25. The number of halogens is 2. The number of hydrogen-bond donors (Lipinski definition) is 4. The first kappa shape index (κ1) is 88.5. The molecule has 0 unspecified atom stereocenters. The maximum Gasteiger partial charge on any atom is 0.218 e. The average molecular weight is 1700 g/mol. The van der Waals surface area contributed by atoms with E-state index in [1.807, 2.05) is 137 Å². The van der Waals surface area contributed by atoms with Crippen LogP contribution in [0.3, 0.4) is 0 Å². The summed E-state index contributed by atoms with van der Waals surface area (Å²) in [5.74, 6) is 3.83. The van der Waals surface area contributed by atoms with Crippen molar-refractivity contribution in [1.82, 2.24) is 44.8 Å². The van der Waals surface area contributed by atoms with E-state index in [4.69, 9.17) is 83.1 Å². The predicted molar refractivity (Wildman–Crippen MR) is 480 cm³/mol. The van der Waals surface area contributed by atoms with Gasteiger partial charge in [0.05, 0.1) is 81.0 Å². The number of benzene rings is 4. The molecule has 0 aliphatic carbocycles. The Morgan fingerprint density at radius 3 is 1.50 bits per heavy atom. The molecule has 612 valence electrons. The van der Waals surface area contributed by atoms with Gasteiger partial charge in [-0.05, 0) is 191 Å². The zero-order chi connectivity index (χ0) is 83.2. The molecule has 0 saturated carbocycles. The summed E-state index contributed by atoms with van der Waals surface area (Å²) in [6.07, 6.45) is 1.85. The Morgan fingerprint density at radius 1 is 0.539 bits per heavy atom. The van der Waals surface area contributed by atoms with Crippen molar-refractivity contribution >= 4 is 143 Å². The Kier molecular flexibility index (Phi) is 30.3. The third kappa shape index (κ3) is 26.1. The molecule has 4 aromatic carbocycles. The van der Waals surface area contributed by atoms with Gasteiger partial charge in [0.1, 0.15) is 73.7 Å². The van der Waals surface area contributed by atoms with Gasteiger partial charge < -0.3 is 54.5 Å². The number of rotatable bonds is 26. The van der Waals surface area contributed by atoms with Gasteiger partial charge in [-0.2, -0.15) is 0 Å². The standard InChI is InChI=1S/C25H34N4O3S.C21H23ClN4OS.C20H24ClN3OS.C20H25N3O3S2/c1-17(2)26-24-28-22(16-33-24)21-15-23(32-25(3,4)5)19-7-6-18(14-20(19)27-21)31-13-10-29-8-11-30-12-9-29;1-12(2)24-21-26-17(11-28-21)16-10-18(27-13(3)4)15-7-6-14(8-9-23-5)19(22)20(15)25-16;1-11(2)22-19-24-17(18(21)26-19)15-10-16(25-20(4,5)6)13-8-7-12(3)9-14(13)23-15;1-12(2)21-20-23-18(10-27-20)17-9-19(26-13(3)4)15-7-6-14(8-16(15)22-17)11-28(5,24)25/h6-7,14-17H,8-13H2,1-5H3,(H,26,28);6-7,10-13H,8-9H2,1-4H3,(H,24,26);7-11H,1-6H3,(H,22,24);6-10,12-13H,11H2,1-5H3,(H,21,23). The average Bonchev–Trinajstić information content (AvgIpc) is 1.78. The number of ether oxygens (including phenoxy) is 6. The lowest BCUT2D eigenvalue weighted by Crippen LogP contribution is -2.38. The van der Waals surface area contributed by atoms with Crippen molar-refractivity contribution in [1.29, 1.82) is 0 Å². The molecule has 13 rings (SSSR count). The second-order valence-corrected chi connectivity index (χ2v) is 38.4. The van der Waals surface area contributed by atoms with Crippen molar-refractivity contribution in [3.05, 3.63) is 145 Å². The van der Waals surface area contributed by atoms with Gasteiger partial charge >= 0.3 is 0 Å². The fraction of sp³-hybridized carbons (Fsp3) is 0.430. The maximum absolute atomic E-state index is 11.7. The highest BCUT2D eigenvalue weighted by molar-refractivity contribution is 7.89. The number of anilines is 4. The van der Waals surface area contributed by atoms with Crippen LogP contribution in [-0.4, -0.2) is 153 Å². The Balaban J connectivity index is 0.000000163. The molecule has 115 heavy (non-hydrogen) atoms. The number of morpholine rings is 1. The number of nitrogens with zero attached hydrogens (tertiary/aromatic N) is 10. The number of nitrogens with one attached hydrogen (secondary N) is 4. The van der Waals surface area contributed by atoms with Crippen LogP contribution in [0.4, 0.5) is 20.5 Å². The second kappa shape index (κ2) is 39.4. The summed E-state index contributed by atoms with van der Waals surface area (Å²) in [6, 6.07) is 30.6. The van der Waals surface area contributed by atoms with E-state index < -0.39 is 9.84 Å². The quantitative estimate of drug-likeness (QED) is 0.0368. The summed E-state index contributed by atoms with van der Waals surface area (Å²) < 4.78 is 60.0. The molecule has 0 bridgehead atoms. The summed E-state index contributed by atoms with van der Waals surface area (Å²) in [5, 5.41) is 26.9. The van der Waals surface area contributed by atoms with Crippen LogP contribution in [0.2, 0.25) is 9.36 Å². The van der Waals surface area contributed by atoms with E-state index in [0.717, 1.165) is 154 Å². The molecule has 22 nitrogen and oxygen atoms in total. The van der Waals surface area contributed by atoms with Gasteiger partial charge in [-0.25, -0.2) is 54.9 Å². The lowest BCUT2D eigenvalue weighted by atomic mass is 10.1. The van der Waals surface area contributed by atoms with Crippen LogP contribution in [0.15, 0.2) is 107 Å². The van der Waals surface area contributed by atoms with Gasteiger partial charge in [-0.15, -0.1) is 34.0 Å². The summed E-state index contributed by atoms with van der Waals surface area (Å²) in [7, 11) is -3.12. The summed E-state index contributed by atoms with van der Waals surface area (Å²) in [4.78, 5) is 43.7. The van der Waals surface area contributed by atoms with E-state index >= 15 is 0 Å². The zero-order valence-electron chi connectivity index (χ0n) is 69.3. The molecule has 1 aliphatic rings. The van der Waals surface area contributed by atoms with Crippen molar-refractivity contribution in [2.45, 2.75) is 191 Å². The van der Waals surface area contributed by atoms with Crippen molar-refractivity contribution < 1.29 is 36.8 Å². The molecule has 0 atom stereocenters. The summed E-state index contributed by atoms with van der Waals surface area (Å²) in [5.41, 5.74) is 11.2. The number of thiazole rings is 4. The fourth-order valence-corrected chi connectivity index (χ4v) is 16.7. The fourth-order valence-electron chi connectivity index (χ4n) is 11.9. The van der Waals surface area contributed by atoms with Crippen molar-refractivity contribution in [3.63, 3.8) is 0 Å². The lowest BCUT2D eigenvalue weighted by molar-refractivity contribution is 0.0322. The largest absolute Gasteiger partial charge is 0.492 e. The Morgan fingerprint density at radius 2 is 0.991 bits per heavy atom. The van der Waals surface area contributed by atoms with Gasteiger partial charge in [0, 0.05) is 124 Å². The van der Waals surface area contributed by atoms with E-state index in [9.17, 15) is 8.42 Å². The van der Waals surface area contributed by atoms with E-state index in [0.29, 0.717) is 80.8 Å². The minimum atomic E-state index is -3.12. The maximum atomic E-state index is 11.7. The predicted octanol–water partition coefficient (Wildman–Crippen LogP) is 22.0. The Labute approximate surface area is 702 Å². The molecule has 29 heteroatoms. The molecule has 12 aromatic rings. The molecule has 9 heterocycles. The van der Waals surface area contributed by atoms with Gasteiger partial charge in [-0.1, -0.05) is 52.7 Å². The van der Waals surface area contributed by atoms with Crippen LogP contribution in [0.25, 0.3) is 94.0 Å². The van der Waals surface area contributed by atoms with Crippen LogP contribution < -0.4 is 45.0 Å².